The topological polar surface area (TPSA) is 29.3 Å². The maximum Gasteiger partial charge on any atom is 0.130 e. The Labute approximate surface area is 120 Å². The van der Waals surface area contributed by atoms with E-state index in [-0.39, 0.29) is 5.54 Å². The molecule has 3 atom stereocenters. The van der Waals surface area contributed by atoms with E-state index in [0.29, 0.717) is 11.5 Å². The molecule has 0 radical (unpaired) electrons. The fourth-order valence-electron chi connectivity index (χ4n) is 3.57. The Morgan fingerprint density at radius 3 is 2.60 bits per heavy atom. The van der Waals surface area contributed by atoms with Gasteiger partial charge in [0.15, 0.2) is 0 Å². The zero-order valence-corrected chi connectivity index (χ0v) is 12.5. The fraction of sp³-hybridized carbons (Fsp3) is 0.625. The summed E-state index contributed by atoms with van der Waals surface area (Å²) < 4.78 is 27.1. The van der Waals surface area contributed by atoms with Crippen LogP contribution in [-0.4, -0.2) is 24.5 Å². The first-order chi connectivity index (χ1) is 9.36. The molecule has 0 amide bonds. The molecule has 0 saturated heterocycles. The van der Waals surface area contributed by atoms with Crippen LogP contribution < -0.4 is 5.73 Å². The van der Waals surface area contributed by atoms with Crippen LogP contribution in [0.2, 0.25) is 0 Å². The molecule has 0 heterocycles. The fourth-order valence-corrected chi connectivity index (χ4v) is 3.57. The van der Waals surface area contributed by atoms with Gasteiger partial charge >= 0.3 is 0 Å². The molecule has 112 valence electrons. The van der Waals surface area contributed by atoms with E-state index < -0.39 is 17.7 Å². The van der Waals surface area contributed by atoms with E-state index in [9.17, 15) is 8.78 Å². The minimum Gasteiger partial charge on any atom is -0.322 e. The number of hydrogen-bond donors (Lipinski definition) is 1. The molecule has 20 heavy (non-hydrogen) atoms. The molecular weight excluding hydrogens is 258 g/mol. The summed E-state index contributed by atoms with van der Waals surface area (Å²) in [5.41, 5.74) is 6.57. The Morgan fingerprint density at radius 1 is 1.35 bits per heavy atom. The highest BCUT2D eigenvalue weighted by Crippen LogP contribution is 2.43. The molecule has 1 aliphatic carbocycles. The van der Waals surface area contributed by atoms with Crippen LogP contribution in [0.4, 0.5) is 8.78 Å². The summed E-state index contributed by atoms with van der Waals surface area (Å²) in [6.07, 6.45) is 4.17. The van der Waals surface area contributed by atoms with Crippen LogP contribution in [0.25, 0.3) is 0 Å². The van der Waals surface area contributed by atoms with Crippen LogP contribution in [0.3, 0.4) is 0 Å². The third-order valence-corrected chi connectivity index (χ3v) is 4.78. The van der Waals surface area contributed by atoms with Gasteiger partial charge in [-0.2, -0.15) is 0 Å². The zero-order chi connectivity index (χ0) is 14.9. The average Bonchev–Trinajstić information content (AvgIpc) is 2.37. The number of rotatable bonds is 3. The molecule has 0 aliphatic heterocycles. The highest BCUT2D eigenvalue weighted by Gasteiger charge is 2.43. The third-order valence-electron chi connectivity index (χ3n) is 4.78. The number of hydrogen-bond acceptors (Lipinski definition) is 2. The van der Waals surface area contributed by atoms with Crippen LogP contribution in [-0.2, 0) is 0 Å². The molecule has 0 spiro atoms. The summed E-state index contributed by atoms with van der Waals surface area (Å²) in [5, 5.41) is 0. The maximum atomic E-state index is 14.0. The van der Waals surface area contributed by atoms with Crippen LogP contribution in [0.1, 0.15) is 44.2 Å². The molecular formula is C16H24F2N2. The van der Waals surface area contributed by atoms with Gasteiger partial charge in [0.05, 0.1) is 6.04 Å². The Balaban J connectivity index is 2.38. The van der Waals surface area contributed by atoms with Gasteiger partial charge < -0.3 is 10.6 Å². The second-order valence-electron chi connectivity index (χ2n) is 6.34. The van der Waals surface area contributed by atoms with Crippen molar-refractivity contribution in [3.63, 3.8) is 0 Å². The van der Waals surface area contributed by atoms with Crippen LogP contribution in [0.5, 0.6) is 0 Å². The first kappa shape index (κ1) is 15.4. The van der Waals surface area contributed by atoms with Gasteiger partial charge in [0.1, 0.15) is 11.6 Å². The Morgan fingerprint density at radius 2 is 2.05 bits per heavy atom. The van der Waals surface area contributed by atoms with E-state index in [1.807, 2.05) is 14.1 Å². The quantitative estimate of drug-likeness (QED) is 0.919. The van der Waals surface area contributed by atoms with Gasteiger partial charge in [-0.05, 0) is 38.9 Å². The van der Waals surface area contributed by atoms with Gasteiger partial charge in [-0.25, -0.2) is 8.78 Å². The summed E-state index contributed by atoms with van der Waals surface area (Å²) >= 11 is 0. The molecule has 2 nitrogen and oxygen atoms in total. The Hall–Kier alpha value is -1.00. The van der Waals surface area contributed by atoms with Gasteiger partial charge in [-0.3, -0.25) is 0 Å². The molecule has 0 aromatic heterocycles. The monoisotopic (exact) mass is 282 g/mol. The summed E-state index contributed by atoms with van der Waals surface area (Å²) in [6, 6.07) is 3.25. The molecule has 2 rings (SSSR count). The highest BCUT2D eigenvalue weighted by atomic mass is 19.1. The second kappa shape index (κ2) is 5.78. The van der Waals surface area contributed by atoms with Gasteiger partial charge in [-0.1, -0.05) is 25.8 Å². The SMILES string of the molecule is CC1CCCC(C(N)c2ccc(F)cc2F)(N(C)C)C1. The van der Waals surface area contributed by atoms with Crippen molar-refractivity contribution in [3.05, 3.63) is 35.4 Å². The van der Waals surface area contributed by atoms with Crippen LogP contribution >= 0.6 is 0 Å². The van der Waals surface area contributed by atoms with Gasteiger partial charge in [0.2, 0.25) is 0 Å². The van der Waals surface area contributed by atoms with Crippen molar-refractivity contribution in [2.75, 3.05) is 14.1 Å². The maximum absolute atomic E-state index is 14.0. The summed E-state index contributed by atoms with van der Waals surface area (Å²) in [7, 11) is 4.00. The highest BCUT2D eigenvalue weighted by molar-refractivity contribution is 5.26. The third kappa shape index (κ3) is 2.72. The van der Waals surface area contributed by atoms with E-state index in [0.717, 1.165) is 25.3 Å². The minimum atomic E-state index is -0.561. The van der Waals surface area contributed by atoms with Crippen molar-refractivity contribution in [3.8, 4) is 0 Å². The number of benzene rings is 1. The molecule has 1 fully saturated rings. The molecule has 1 aliphatic rings. The lowest BCUT2D eigenvalue weighted by Crippen LogP contribution is -2.55. The van der Waals surface area contributed by atoms with E-state index in [2.05, 4.69) is 11.8 Å². The average molecular weight is 282 g/mol. The second-order valence-corrected chi connectivity index (χ2v) is 6.34. The molecule has 2 N–H and O–H groups in total. The smallest absolute Gasteiger partial charge is 0.130 e. The van der Waals surface area contributed by atoms with Crippen molar-refractivity contribution in [2.24, 2.45) is 11.7 Å². The molecule has 0 bridgehead atoms. The summed E-state index contributed by atoms with van der Waals surface area (Å²) in [5.74, 6) is -0.535. The van der Waals surface area contributed by atoms with Crippen molar-refractivity contribution in [2.45, 2.75) is 44.2 Å². The lowest BCUT2D eigenvalue weighted by Gasteiger charge is -2.49. The molecule has 4 heteroatoms. The summed E-state index contributed by atoms with van der Waals surface area (Å²) in [4.78, 5) is 2.12. The van der Waals surface area contributed by atoms with Crippen molar-refractivity contribution in [1.82, 2.24) is 4.90 Å². The first-order valence-electron chi connectivity index (χ1n) is 7.25. The van der Waals surface area contributed by atoms with E-state index in [1.165, 1.54) is 18.6 Å². The predicted molar refractivity (Wildman–Crippen MR) is 77.3 cm³/mol. The van der Waals surface area contributed by atoms with Gasteiger partial charge in [0.25, 0.3) is 0 Å². The number of nitrogens with zero attached hydrogens (tertiary/aromatic N) is 1. The first-order valence-corrected chi connectivity index (χ1v) is 7.25. The van der Waals surface area contributed by atoms with Gasteiger partial charge in [-0.15, -0.1) is 0 Å². The van der Waals surface area contributed by atoms with Gasteiger partial charge in [0, 0.05) is 17.2 Å². The molecule has 3 unspecified atom stereocenters. The van der Waals surface area contributed by atoms with Crippen molar-refractivity contribution >= 4 is 0 Å². The lowest BCUT2D eigenvalue weighted by atomic mass is 9.70. The van der Waals surface area contributed by atoms with Crippen LogP contribution in [0, 0.1) is 17.6 Å². The zero-order valence-electron chi connectivity index (χ0n) is 12.5. The Bertz CT molecular complexity index is 476. The van der Waals surface area contributed by atoms with Crippen LogP contribution in [0.15, 0.2) is 18.2 Å². The molecule has 1 aromatic rings. The van der Waals surface area contributed by atoms with Crippen molar-refractivity contribution < 1.29 is 8.78 Å². The van der Waals surface area contributed by atoms with E-state index in [4.69, 9.17) is 5.73 Å². The van der Waals surface area contributed by atoms with E-state index >= 15 is 0 Å². The Kier molecular flexibility index (Phi) is 4.45. The minimum absolute atomic E-state index is 0.254. The van der Waals surface area contributed by atoms with E-state index in [1.54, 1.807) is 0 Å². The predicted octanol–water partition coefficient (Wildman–Crippen LogP) is 3.48. The summed E-state index contributed by atoms with van der Waals surface area (Å²) in [6.45, 7) is 2.21. The largest absolute Gasteiger partial charge is 0.322 e. The standard InChI is InChI=1S/C16H24F2N2/c1-11-5-4-8-16(10-11,20(2)3)15(19)13-7-6-12(17)9-14(13)18/h6-7,9,11,15H,4-5,8,10,19H2,1-3H3. The number of nitrogens with two attached hydrogens (primary N) is 1. The number of likely N-dealkylation sites (N-methyl/N-ethyl adjacent to an activating group) is 1. The molecule has 1 saturated carbocycles. The number of halogens is 2. The molecule has 1 aromatic carbocycles. The van der Waals surface area contributed by atoms with Crippen molar-refractivity contribution in [1.29, 1.82) is 0 Å². The normalized spacial score (nSPS) is 28.6. The lowest BCUT2D eigenvalue weighted by molar-refractivity contribution is 0.0488.